The van der Waals surface area contributed by atoms with Gasteiger partial charge in [-0.15, -0.1) is 0 Å². The lowest BCUT2D eigenvalue weighted by Gasteiger charge is -2.24. The van der Waals surface area contributed by atoms with Crippen LogP contribution in [0.1, 0.15) is 19.4 Å². The molecule has 0 saturated heterocycles. The van der Waals surface area contributed by atoms with Crippen LogP contribution in [0.3, 0.4) is 0 Å². The molecule has 0 aromatic heterocycles. The molecule has 1 heterocycles. The van der Waals surface area contributed by atoms with Crippen molar-refractivity contribution in [2.24, 2.45) is 0 Å². The van der Waals surface area contributed by atoms with Gasteiger partial charge in [-0.05, 0) is 26.0 Å². The highest BCUT2D eigenvalue weighted by atomic mass is 32.2. The van der Waals surface area contributed by atoms with Gasteiger partial charge in [0.15, 0.2) is 9.84 Å². The minimum Gasteiger partial charge on any atom is -0.507 e. The lowest BCUT2D eigenvalue weighted by atomic mass is 10.1. The van der Waals surface area contributed by atoms with E-state index < -0.39 is 21.1 Å². The zero-order valence-electron chi connectivity index (χ0n) is 10.6. The zero-order chi connectivity index (χ0) is 14.2. The number of carbonyl (C=O) groups excluding carboxylic acids is 1. The summed E-state index contributed by atoms with van der Waals surface area (Å²) in [5.74, 6) is -1.12. The van der Waals surface area contributed by atoms with Crippen molar-refractivity contribution >= 4 is 21.6 Å². The maximum absolute atomic E-state index is 12.3. The topological polar surface area (TPSA) is 80.7 Å². The molecule has 0 fully saturated rings. The molecule has 1 N–H and O–H groups in total. The fourth-order valence-electron chi connectivity index (χ4n) is 2.07. The monoisotopic (exact) mass is 282 g/mol. The average molecular weight is 282 g/mol. The fraction of sp³-hybridized carbons (Fsp3) is 0.308. The molecule has 1 aromatic carbocycles. The summed E-state index contributed by atoms with van der Waals surface area (Å²) in [6, 6.07) is 6.06. The molecule has 1 aliphatic heterocycles. The van der Waals surface area contributed by atoms with Gasteiger partial charge in [0.2, 0.25) is 0 Å². The Bertz CT molecular complexity index is 657. The van der Waals surface area contributed by atoms with Crippen LogP contribution in [0.15, 0.2) is 34.7 Å². The second kappa shape index (κ2) is 4.70. The molecule has 0 amide bonds. The van der Waals surface area contributed by atoms with Crippen molar-refractivity contribution < 1.29 is 23.1 Å². The van der Waals surface area contributed by atoms with E-state index >= 15 is 0 Å². The van der Waals surface area contributed by atoms with Crippen LogP contribution in [0, 0.1) is 0 Å². The average Bonchev–Trinajstić information content (AvgIpc) is 2.37. The van der Waals surface area contributed by atoms with E-state index in [1.807, 2.05) is 0 Å². The maximum Gasteiger partial charge on any atom is 0.339 e. The van der Waals surface area contributed by atoms with Gasteiger partial charge in [0.05, 0.1) is 22.3 Å². The van der Waals surface area contributed by atoms with Gasteiger partial charge in [0, 0.05) is 5.56 Å². The van der Waals surface area contributed by atoms with Crippen molar-refractivity contribution in [1.29, 1.82) is 0 Å². The van der Waals surface area contributed by atoms with E-state index in [1.165, 1.54) is 19.1 Å². The third kappa shape index (κ3) is 2.02. The smallest absolute Gasteiger partial charge is 0.339 e. The number of benzene rings is 1. The molecule has 1 unspecified atom stereocenters. The molecule has 1 aromatic rings. The van der Waals surface area contributed by atoms with E-state index in [-0.39, 0.29) is 28.4 Å². The third-order valence-electron chi connectivity index (χ3n) is 3.07. The second-order valence-corrected chi connectivity index (χ2v) is 6.40. The van der Waals surface area contributed by atoms with E-state index in [9.17, 15) is 18.3 Å². The molecule has 19 heavy (non-hydrogen) atoms. The number of aliphatic hydroxyl groups excluding tert-OH is 1. The van der Waals surface area contributed by atoms with Crippen molar-refractivity contribution in [1.82, 2.24) is 0 Å². The number of sulfone groups is 1. The van der Waals surface area contributed by atoms with Crippen LogP contribution in [-0.2, 0) is 19.4 Å². The van der Waals surface area contributed by atoms with Crippen LogP contribution in [-0.4, -0.2) is 31.4 Å². The summed E-state index contributed by atoms with van der Waals surface area (Å²) in [5, 5.41) is 9.01. The molecule has 102 valence electrons. The molecule has 1 aliphatic rings. The number of hydrogen-bond acceptors (Lipinski definition) is 5. The van der Waals surface area contributed by atoms with E-state index in [2.05, 4.69) is 0 Å². The first-order chi connectivity index (χ1) is 8.91. The first-order valence-electron chi connectivity index (χ1n) is 5.84. The Morgan fingerprint density at radius 2 is 2.00 bits per heavy atom. The quantitative estimate of drug-likeness (QED) is 0.835. The van der Waals surface area contributed by atoms with Crippen molar-refractivity contribution in [2.75, 3.05) is 6.61 Å². The van der Waals surface area contributed by atoms with Gasteiger partial charge >= 0.3 is 5.97 Å². The lowest BCUT2D eigenvalue weighted by molar-refractivity contribution is -0.138. The molecule has 2 rings (SSSR count). The van der Waals surface area contributed by atoms with Crippen LogP contribution in [0.2, 0.25) is 0 Å². The minimum absolute atomic E-state index is 0.0352. The Labute approximate surface area is 111 Å². The summed E-state index contributed by atoms with van der Waals surface area (Å²) in [7, 11) is -3.68. The molecule has 0 saturated carbocycles. The third-order valence-corrected chi connectivity index (χ3v) is 5.21. The SMILES string of the molecule is CCOC(=O)C1=C(O)c2ccccc2S(=O)(=O)C1C. The molecule has 0 radical (unpaired) electrons. The van der Waals surface area contributed by atoms with Gasteiger partial charge in [-0.2, -0.15) is 0 Å². The van der Waals surface area contributed by atoms with E-state index in [0.29, 0.717) is 0 Å². The molecular weight excluding hydrogens is 268 g/mol. The summed E-state index contributed by atoms with van der Waals surface area (Å²) in [5.41, 5.74) is -0.0656. The summed E-state index contributed by atoms with van der Waals surface area (Å²) >= 11 is 0. The van der Waals surface area contributed by atoms with Gasteiger partial charge in [0.25, 0.3) is 0 Å². The van der Waals surface area contributed by atoms with Gasteiger partial charge < -0.3 is 9.84 Å². The molecular formula is C13H14O5S. The molecule has 0 spiro atoms. The standard InChI is InChI=1S/C13H14O5S/c1-3-18-13(15)11-8(2)19(16,17)10-7-5-4-6-9(10)12(11)14/h4-8,14H,3H2,1-2H3. The number of aliphatic hydroxyl groups is 1. The predicted molar refractivity (Wildman–Crippen MR) is 69.3 cm³/mol. The number of fused-ring (bicyclic) bond motifs is 1. The Morgan fingerprint density at radius 1 is 1.37 bits per heavy atom. The zero-order valence-corrected chi connectivity index (χ0v) is 11.4. The number of hydrogen-bond donors (Lipinski definition) is 1. The Morgan fingerprint density at radius 3 is 2.63 bits per heavy atom. The number of ether oxygens (including phenoxy) is 1. The molecule has 1 atom stereocenters. The second-order valence-electron chi connectivity index (χ2n) is 4.17. The molecule has 0 aliphatic carbocycles. The van der Waals surface area contributed by atoms with Crippen LogP contribution in [0.25, 0.3) is 5.76 Å². The van der Waals surface area contributed by atoms with Gasteiger partial charge in [-0.1, -0.05) is 12.1 Å². The highest BCUT2D eigenvalue weighted by molar-refractivity contribution is 7.92. The summed E-state index contributed by atoms with van der Waals surface area (Å²) in [6.45, 7) is 3.10. The van der Waals surface area contributed by atoms with Crippen molar-refractivity contribution in [3.05, 3.63) is 35.4 Å². The Hall–Kier alpha value is -1.82. The summed E-state index contributed by atoms with van der Waals surface area (Å²) in [6.07, 6.45) is 0. The Balaban J connectivity index is 2.71. The van der Waals surface area contributed by atoms with Gasteiger partial charge in [-0.25, -0.2) is 13.2 Å². The number of esters is 1. The Kier molecular flexibility index (Phi) is 3.36. The van der Waals surface area contributed by atoms with Crippen LogP contribution >= 0.6 is 0 Å². The molecule has 5 nitrogen and oxygen atoms in total. The van der Waals surface area contributed by atoms with Crippen LogP contribution < -0.4 is 0 Å². The first kappa shape index (κ1) is 13.6. The lowest BCUT2D eigenvalue weighted by Crippen LogP contribution is -2.31. The van der Waals surface area contributed by atoms with E-state index in [4.69, 9.17) is 4.74 Å². The summed E-state index contributed by atoms with van der Waals surface area (Å²) < 4.78 is 29.4. The molecule has 0 bridgehead atoms. The van der Waals surface area contributed by atoms with E-state index in [1.54, 1.807) is 19.1 Å². The highest BCUT2D eigenvalue weighted by Gasteiger charge is 2.40. The van der Waals surface area contributed by atoms with Crippen molar-refractivity contribution in [3.8, 4) is 0 Å². The normalized spacial score (nSPS) is 20.8. The van der Waals surface area contributed by atoms with Crippen LogP contribution in [0.5, 0.6) is 0 Å². The minimum atomic E-state index is -3.68. The van der Waals surface area contributed by atoms with Crippen molar-refractivity contribution in [3.63, 3.8) is 0 Å². The van der Waals surface area contributed by atoms with E-state index in [0.717, 1.165) is 0 Å². The predicted octanol–water partition coefficient (Wildman–Crippen LogP) is 1.69. The van der Waals surface area contributed by atoms with Gasteiger partial charge in [-0.3, -0.25) is 0 Å². The maximum atomic E-state index is 12.3. The highest BCUT2D eigenvalue weighted by Crippen LogP contribution is 2.36. The van der Waals surface area contributed by atoms with Crippen LogP contribution in [0.4, 0.5) is 0 Å². The fourth-order valence-corrected chi connectivity index (χ4v) is 3.70. The first-order valence-corrected chi connectivity index (χ1v) is 7.39. The number of rotatable bonds is 2. The van der Waals surface area contributed by atoms with Crippen molar-refractivity contribution in [2.45, 2.75) is 24.0 Å². The largest absolute Gasteiger partial charge is 0.507 e. The summed E-state index contributed by atoms with van der Waals surface area (Å²) in [4.78, 5) is 11.8. The number of carbonyl (C=O) groups is 1. The molecule has 6 heteroatoms. The van der Waals surface area contributed by atoms with Gasteiger partial charge in [0.1, 0.15) is 5.76 Å².